The van der Waals surface area contributed by atoms with Gasteiger partial charge < -0.3 is 15.2 Å². The van der Waals surface area contributed by atoms with Crippen LogP contribution in [0.1, 0.15) is 43.6 Å². The topological polar surface area (TPSA) is 116 Å². The van der Waals surface area contributed by atoms with Gasteiger partial charge in [-0.05, 0) is 49.0 Å². The van der Waals surface area contributed by atoms with Gasteiger partial charge in [-0.25, -0.2) is 0 Å². The molecule has 0 saturated carbocycles. The van der Waals surface area contributed by atoms with E-state index in [0.29, 0.717) is 17.1 Å². The van der Waals surface area contributed by atoms with Crippen LogP contribution in [0.2, 0.25) is 0 Å². The average molecular weight is 374 g/mol. The van der Waals surface area contributed by atoms with Crippen molar-refractivity contribution >= 4 is 0 Å². The van der Waals surface area contributed by atoms with Crippen molar-refractivity contribution < 1.29 is 9.47 Å². The molecule has 28 heavy (non-hydrogen) atoms. The minimum Gasteiger partial charge on any atom is -0.493 e. The predicted octanol–water partition coefficient (Wildman–Crippen LogP) is 3.83. The Bertz CT molecular complexity index is 971. The molecule has 0 aromatic heterocycles. The third-order valence-corrected chi connectivity index (χ3v) is 5.74. The van der Waals surface area contributed by atoms with Gasteiger partial charge in [-0.3, -0.25) is 0 Å². The van der Waals surface area contributed by atoms with E-state index in [9.17, 15) is 15.8 Å². The summed E-state index contributed by atoms with van der Waals surface area (Å²) in [7, 11) is 3.10. The average Bonchev–Trinajstić information content (AvgIpc) is 2.98. The summed E-state index contributed by atoms with van der Waals surface area (Å²) in [5.41, 5.74) is 7.68. The minimum atomic E-state index is -1.63. The van der Waals surface area contributed by atoms with E-state index >= 15 is 0 Å². The molecule has 0 amide bonds. The van der Waals surface area contributed by atoms with Gasteiger partial charge in [-0.1, -0.05) is 18.1 Å². The summed E-state index contributed by atoms with van der Waals surface area (Å²) in [4.78, 5) is 0. The maximum atomic E-state index is 10.1. The molecule has 142 valence electrons. The second kappa shape index (κ2) is 7.67. The van der Waals surface area contributed by atoms with Gasteiger partial charge in [0.1, 0.15) is 6.07 Å². The van der Waals surface area contributed by atoms with Crippen molar-refractivity contribution in [2.24, 2.45) is 11.1 Å². The Kier molecular flexibility index (Phi) is 5.30. The van der Waals surface area contributed by atoms with Crippen molar-refractivity contribution in [1.82, 2.24) is 0 Å². The molecule has 1 atom stereocenters. The Hall–Kier alpha value is -3.43. The van der Waals surface area contributed by atoms with Crippen LogP contribution in [-0.4, -0.2) is 14.2 Å². The highest BCUT2D eigenvalue weighted by Gasteiger charge is 2.50. The Labute approximate surface area is 165 Å². The summed E-state index contributed by atoms with van der Waals surface area (Å²) in [5, 5.41) is 29.9. The highest BCUT2D eigenvalue weighted by atomic mass is 16.5. The molecule has 2 aliphatic rings. The van der Waals surface area contributed by atoms with Crippen LogP contribution in [0.5, 0.6) is 11.5 Å². The molecule has 0 spiro atoms. The number of methoxy groups -OCH3 is 2. The molecule has 6 heteroatoms. The normalized spacial score (nSPS) is 20.9. The minimum absolute atomic E-state index is 0.0560. The van der Waals surface area contributed by atoms with Crippen molar-refractivity contribution in [1.29, 1.82) is 15.8 Å². The van der Waals surface area contributed by atoms with Gasteiger partial charge >= 0.3 is 0 Å². The first-order chi connectivity index (χ1) is 13.6. The van der Waals surface area contributed by atoms with E-state index in [0.717, 1.165) is 48.8 Å². The molecule has 0 radical (unpaired) electrons. The highest BCUT2D eigenvalue weighted by Crippen LogP contribution is 2.54. The van der Waals surface area contributed by atoms with Crippen LogP contribution < -0.4 is 15.2 Å². The molecule has 2 N–H and O–H groups in total. The number of ether oxygens (including phenoxy) is 2. The van der Waals surface area contributed by atoms with Gasteiger partial charge in [0.2, 0.25) is 0 Å². The third kappa shape index (κ3) is 2.77. The molecule has 0 unspecified atom stereocenters. The lowest BCUT2D eigenvalue weighted by molar-refractivity contribution is 0.353. The Morgan fingerprint density at radius 3 is 2.29 bits per heavy atom. The van der Waals surface area contributed by atoms with Crippen molar-refractivity contribution in [3.8, 4) is 29.7 Å². The van der Waals surface area contributed by atoms with Crippen LogP contribution in [-0.2, 0) is 0 Å². The van der Waals surface area contributed by atoms with Crippen LogP contribution in [0.4, 0.5) is 0 Å². The molecular formula is C22H22N4O2. The molecule has 1 aromatic rings. The molecule has 0 fully saturated rings. The highest BCUT2D eigenvalue weighted by molar-refractivity contribution is 5.62. The molecule has 0 bridgehead atoms. The number of hydrogen-bond acceptors (Lipinski definition) is 6. The van der Waals surface area contributed by atoms with Crippen molar-refractivity contribution in [3.05, 3.63) is 46.2 Å². The third-order valence-electron chi connectivity index (χ3n) is 5.74. The smallest absolute Gasteiger partial charge is 0.194 e. The first kappa shape index (κ1) is 19.3. The largest absolute Gasteiger partial charge is 0.493 e. The fraction of sp³-hybridized carbons (Fsp3) is 0.409. The summed E-state index contributed by atoms with van der Waals surface area (Å²) >= 11 is 0. The van der Waals surface area contributed by atoms with Gasteiger partial charge in [-0.2, -0.15) is 15.8 Å². The zero-order valence-electron chi connectivity index (χ0n) is 16.1. The quantitative estimate of drug-likeness (QED) is 0.859. The number of benzene rings is 1. The zero-order chi connectivity index (χ0) is 20.3. The van der Waals surface area contributed by atoms with Crippen LogP contribution in [0, 0.1) is 39.4 Å². The number of allylic oxidation sites excluding steroid dienone is 4. The maximum Gasteiger partial charge on any atom is 0.194 e. The second-order valence-electron chi connectivity index (χ2n) is 7.04. The summed E-state index contributed by atoms with van der Waals surface area (Å²) < 4.78 is 10.8. The molecule has 3 rings (SSSR count). The first-order valence-electron chi connectivity index (χ1n) is 9.25. The predicted molar refractivity (Wildman–Crippen MR) is 103 cm³/mol. The number of nitrogens with two attached hydrogens (primary N) is 1. The lowest BCUT2D eigenvalue weighted by atomic mass is 9.61. The van der Waals surface area contributed by atoms with Gasteiger partial charge in [0.15, 0.2) is 16.9 Å². The second-order valence-corrected chi connectivity index (χ2v) is 7.04. The van der Waals surface area contributed by atoms with E-state index in [2.05, 4.69) is 18.2 Å². The Morgan fingerprint density at radius 2 is 1.68 bits per heavy atom. The number of nitriles is 3. The molecular weight excluding hydrogens is 352 g/mol. The Morgan fingerprint density at radius 1 is 1.00 bits per heavy atom. The van der Waals surface area contributed by atoms with Crippen LogP contribution >= 0.6 is 0 Å². The molecule has 1 aromatic carbocycles. The van der Waals surface area contributed by atoms with Gasteiger partial charge in [0.25, 0.3) is 0 Å². The van der Waals surface area contributed by atoms with Gasteiger partial charge in [0, 0.05) is 5.92 Å². The number of nitrogens with zero attached hydrogens (tertiary/aromatic N) is 3. The van der Waals surface area contributed by atoms with E-state index < -0.39 is 11.3 Å². The van der Waals surface area contributed by atoms with Crippen molar-refractivity contribution in [2.45, 2.75) is 38.0 Å². The van der Waals surface area contributed by atoms with E-state index in [1.54, 1.807) is 26.4 Å². The lowest BCUT2D eigenvalue weighted by Gasteiger charge is -2.38. The van der Waals surface area contributed by atoms with Crippen LogP contribution in [0.25, 0.3) is 0 Å². The molecule has 0 saturated heterocycles. The lowest BCUT2D eigenvalue weighted by Crippen LogP contribution is -2.38. The SMILES string of the molecule is COc1ccc([C@H]2C3=C(CCCCC3)C(C#N)=C(N)C2(C#N)C#N)cc1OC. The van der Waals surface area contributed by atoms with Crippen LogP contribution in [0.3, 0.4) is 0 Å². The summed E-state index contributed by atoms with van der Waals surface area (Å²) in [6.07, 6.45) is 4.42. The zero-order valence-corrected chi connectivity index (χ0v) is 16.1. The Balaban J connectivity index is 2.32. The molecule has 2 aliphatic carbocycles. The van der Waals surface area contributed by atoms with Crippen molar-refractivity contribution in [2.75, 3.05) is 14.2 Å². The van der Waals surface area contributed by atoms with Gasteiger partial charge in [0.05, 0.1) is 37.6 Å². The first-order valence-corrected chi connectivity index (χ1v) is 9.25. The summed E-state index contributed by atoms with van der Waals surface area (Å²) in [6.45, 7) is 0. The summed E-state index contributed by atoms with van der Waals surface area (Å²) in [6, 6.07) is 11.9. The van der Waals surface area contributed by atoms with E-state index in [-0.39, 0.29) is 5.70 Å². The van der Waals surface area contributed by atoms with E-state index in [4.69, 9.17) is 15.2 Å². The molecule has 6 nitrogen and oxygen atoms in total. The number of rotatable bonds is 3. The summed E-state index contributed by atoms with van der Waals surface area (Å²) in [5.74, 6) is 0.541. The van der Waals surface area contributed by atoms with Crippen LogP contribution in [0.15, 0.2) is 40.6 Å². The van der Waals surface area contributed by atoms with E-state index in [1.807, 2.05) is 6.07 Å². The standard InChI is InChI=1S/C22H22N4O2/c1-27-18-9-8-14(10-19(18)28-2)20-16-7-5-3-4-6-15(16)17(11-23)21(26)22(20,12-24)13-25/h8-10,20H,3-7,26H2,1-2H3/t20-/m0/s1. The van der Waals surface area contributed by atoms with Crippen molar-refractivity contribution in [3.63, 3.8) is 0 Å². The maximum absolute atomic E-state index is 10.1. The molecule has 0 heterocycles. The monoisotopic (exact) mass is 374 g/mol. The molecule has 0 aliphatic heterocycles. The number of hydrogen-bond donors (Lipinski definition) is 1. The van der Waals surface area contributed by atoms with E-state index in [1.165, 1.54) is 0 Å². The fourth-order valence-corrected chi connectivity index (χ4v) is 4.37. The fourth-order valence-electron chi connectivity index (χ4n) is 4.37. The van der Waals surface area contributed by atoms with Gasteiger partial charge in [-0.15, -0.1) is 0 Å².